The summed E-state index contributed by atoms with van der Waals surface area (Å²) in [6.45, 7) is 3.80. The number of hydrogen-bond acceptors (Lipinski definition) is 4. The molecule has 0 radical (unpaired) electrons. The Morgan fingerprint density at radius 3 is 2.83 bits per heavy atom. The number of rotatable bonds is 6. The Morgan fingerprint density at radius 2 is 2.13 bits per heavy atom. The number of nitrogens with zero attached hydrogens (tertiary/aromatic N) is 1. The first-order chi connectivity index (χ1) is 11.0. The number of likely N-dealkylation sites (tertiary alicyclic amines) is 1. The number of carboxylic acids is 1. The van der Waals surface area contributed by atoms with Gasteiger partial charge in [0.05, 0.1) is 0 Å². The molecule has 1 saturated heterocycles. The van der Waals surface area contributed by atoms with Crippen LogP contribution in [0.2, 0.25) is 0 Å². The van der Waals surface area contributed by atoms with Gasteiger partial charge in [-0.15, -0.1) is 0 Å². The monoisotopic (exact) mass is 320 g/mol. The first-order valence-corrected chi connectivity index (χ1v) is 8.01. The van der Waals surface area contributed by atoms with Crippen LogP contribution in [-0.2, 0) is 11.3 Å². The SMILES string of the molecule is CC(=O)NCCC1CCCCN1Cc1ccc(O)c(C(=O)O)c1. The van der Waals surface area contributed by atoms with Gasteiger partial charge >= 0.3 is 5.97 Å². The third-order valence-corrected chi connectivity index (χ3v) is 4.28. The summed E-state index contributed by atoms with van der Waals surface area (Å²) in [5.74, 6) is -1.34. The Balaban J connectivity index is 2.02. The van der Waals surface area contributed by atoms with Crippen molar-refractivity contribution in [3.8, 4) is 5.75 Å². The lowest BCUT2D eigenvalue weighted by molar-refractivity contribution is -0.119. The van der Waals surface area contributed by atoms with E-state index in [1.54, 1.807) is 6.07 Å². The van der Waals surface area contributed by atoms with Crippen molar-refractivity contribution in [3.63, 3.8) is 0 Å². The van der Waals surface area contributed by atoms with Gasteiger partial charge in [-0.05, 0) is 43.5 Å². The van der Waals surface area contributed by atoms with Crippen LogP contribution >= 0.6 is 0 Å². The highest BCUT2D eigenvalue weighted by Gasteiger charge is 2.22. The minimum atomic E-state index is -1.12. The zero-order chi connectivity index (χ0) is 16.8. The number of amides is 1. The third-order valence-electron chi connectivity index (χ3n) is 4.28. The molecule has 1 unspecified atom stereocenters. The number of phenols is 1. The van der Waals surface area contributed by atoms with Crippen molar-refractivity contribution in [3.05, 3.63) is 29.3 Å². The maximum Gasteiger partial charge on any atom is 0.339 e. The lowest BCUT2D eigenvalue weighted by Crippen LogP contribution is -2.41. The van der Waals surface area contributed by atoms with Crippen molar-refractivity contribution < 1.29 is 19.8 Å². The second-order valence-electron chi connectivity index (χ2n) is 6.05. The Labute approximate surface area is 136 Å². The van der Waals surface area contributed by atoms with E-state index in [2.05, 4.69) is 10.2 Å². The molecule has 1 aliphatic heterocycles. The van der Waals surface area contributed by atoms with Crippen molar-refractivity contribution in [2.24, 2.45) is 0 Å². The zero-order valence-electron chi connectivity index (χ0n) is 13.4. The van der Waals surface area contributed by atoms with E-state index in [-0.39, 0.29) is 17.2 Å². The van der Waals surface area contributed by atoms with E-state index in [0.717, 1.165) is 31.4 Å². The molecule has 0 saturated carbocycles. The van der Waals surface area contributed by atoms with Gasteiger partial charge in [0.2, 0.25) is 5.91 Å². The van der Waals surface area contributed by atoms with Crippen LogP contribution in [-0.4, -0.2) is 46.1 Å². The molecule has 0 spiro atoms. The number of hydrogen-bond donors (Lipinski definition) is 3. The molecule has 0 aromatic heterocycles. The molecule has 2 rings (SSSR count). The summed E-state index contributed by atoms with van der Waals surface area (Å²) in [6, 6.07) is 5.13. The Bertz CT molecular complexity index is 574. The maximum atomic E-state index is 11.1. The minimum Gasteiger partial charge on any atom is -0.507 e. The first kappa shape index (κ1) is 17.3. The highest BCUT2D eigenvalue weighted by atomic mass is 16.4. The van der Waals surface area contributed by atoms with Gasteiger partial charge in [-0.25, -0.2) is 4.79 Å². The first-order valence-electron chi connectivity index (χ1n) is 8.01. The van der Waals surface area contributed by atoms with Crippen LogP contribution in [0.5, 0.6) is 5.75 Å². The van der Waals surface area contributed by atoms with Crippen molar-refractivity contribution >= 4 is 11.9 Å². The highest BCUT2D eigenvalue weighted by Crippen LogP contribution is 2.24. The molecular formula is C17H24N2O4. The largest absolute Gasteiger partial charge is 0.507 e. The standard InChI is InChI=1S/C17H24N2O4/c1-12(20)18-8-7-14-4-2-3-9-19(14)11-13-5-6-16(21)15(10-13)17(22)23/h5-6,10,14,21H,2-4,7-9,11H2,1H3,(H,18,20)(H,22,23). The number of carbonyl (C=O) groups excluding carboxylic acids is 1. The second-order valence-corrected chi connectivity index (χ2v) is 6.05. The number of nitrogens with one attached hydrogen (secondary N) is 1. The molecular weight excluding hydrogens is 296 g/mol. The van der Waals surface area contributed by atoms with E-state index in [1.165, 1.54) is 25.5 Å². The zero-order valence-corrected chi connectivity index (χ0v) is 13.4. The minimum absolute atomic E-state index is 0.0167. The summed E-state index contributed by atoms with van der Waals surface area (Å²) in [5, 5.41) is 21.5. The predicted octanol–water partition coefficient (Wildman–Crippen LogP) is 1.97. The summed E-state index contributed by atoms with van der Waals surface area (Å²) < 4.78 is 0. The van der Waals surface area contributed by atoms with Crippen molar-refractivity contribution in [1.82, 2.24) is 10.2 Å². The summed E-state index contributed by atoms with van der Waals surface area (Å²) in [4.78, 5) is 24.4. The molecule has 1 aromatic rings. The second kappa shape index (κ2) is 7.97. The van der Waals surface area contributed by atoms with Crippen molar-refractivity contribution in [2.75, 3.05) is 13.1 Å². The summed E-state index contributed by atoms with van der Waals surface area (Å²) in [6.07, 6.45) is 4.28. The lowest BCUT2D eigenvalue weighted by Gasteiger charge is -2.36. The molecule has 1 heterocycles. The van der Waals surface area contributed by atoms with Crippen LogP contribution < -0.4 is 5.32 Å². The van der Waals surface area contributed by atoms with Crippen molar-refractivity contribution in [1.29, 1.82) is 0 Å². The average Bonchev–Trinajstić information content (AvgIpc) is 2.50. The normalized spacial score (nSPS) is 18.6. The van der Waals surface area contributed by atoms with Gasteiger partial charge in [0, 0.05) is 26.1 Å². The van der Waals surface area contributed by atoms with Crippen LogP contribution in [0.15, 0.2) is 18.2 Å². The molecule has 0 bridgehead atoms. The predicted molar refractivity (Wildman–Crippen MR) is 86.4 cm³/mol. The van der Waals surface area contributed by atoms with Gasteiger partial charge in [-0.2, -0.15) is 0 Å². The molecule has 3 N–H and O–H groups in total. The molecule has 1 aliphatic rings. The Hall–Kier alpha value is -2.08. The number of carboxylic acid groups (broad SMARTS) is 1. The summed E-state index contributed by atoms with van der Waals surface area (Å²) in [5.41, 5.74) is 0.820. The average molecular weight is 320 g/mol. The van der Waals surface area contributed by atoms with E-state index in [1.807, 2.05) is 0 Å². The van der Waals surface area contributed by atoms with E-state index < -0.39 is 5.97 Å². The van der Waals surface area contributed by atoms with Gasteiger partial charge in [0.1, 0.15) is 11.3 Å². The molecule has 1 fully saturated rings. The fraction of sp³-hybridized carbons (Fsp3) is 0.529. The molecule has 23 heavy (non-hydrogen) atoms. The lowest BCUT2D eigenvalue weighted by atomic mass is 9.98. The van der Waals surface area contributed by atoms with Crippen LogP contribution in [0.4, 0.5) is 0 Å². The topological polar surface area (TPSA) is 89.9 Å². The fourth-order valence-corrected chi connectivity index (χ4v) is 3.10. The van der Waals surface area contributed by atoms with E-state index in [0.29, 0.717) is 19.1 Å². The Kier molecular flexibility index (Phi) is 5.98. The van der Waals surface area contributed by atoms with E-state index >= 15 is 0 Å². The molecule has 1 aromatic carbocycles. The van der Waals surface area contributed by atoms with Crippen molar-refractivity contribution in [2.45, 2.75) is 45.2 Å². The highest BCUT2D eigenvalue weighted by molar-refractivity contribution is 5.90. The summed E-state index contributed by atoms with van der Waals surface area (Å²) >= 11 is 0. The van der Waals surface area contributed by atoms with Gasteiger partial charge in [-0.3, -0.25) is 9.69 Å². The van der Waals surface area contributed by atoms with Gasteiger partial charge < -0.3 is 15.5 Å². The van der Waals surface area contributed by atoms with E-state index in [4.69, 9.17) is 5.11 Å². The molecule has 126 valence electrons. The third kappa shape index (κ3) is 4.96. The fourth-order valence-electron chi connectivity index (χ4n) is 3.10. The number of carbonyl (C=O) groups is 2. The van der Waals surface area contributed by atoms with Crippen LogP contribution in [0.25, 0.3) is 0 Å². The smallest absolute Gasteiger partial charge is 0.339 e. The number of benzene rings is 1. The number of piperidine rings is 1. The molecule has 6 nitrogen and oxygen atoms in total. The van der Waals surface area contributed by atoms with Crippen LogP contribution in [0.1, 0.15) is 48.5 Å². The van der Waals surface area contributed by atoms with E-state index in [9.17, 15) is 14.7 Å². The number of aromatic hydroxyl groups is 1. The van der Waals surface area contributed by atoms with Gasteiger partial charge in [-0.1, -0.05) is 12.5 Å². The van der Waals surface area contributed by atoms with Gasteiger partial charge in [0.25, 0.3) is 0 Å². The molecule has 6 heteroatoms. The van der Waals surface area contributed by atoms with Gasteiger partial charge in [0.15, 0.2) is 0 Å². The molecule has 1 amide bonds. The molecule has 0 aliphatic carbocycles. The van der Waals surface area contributed by atoms with Crippen LogP contribution in [0, 0.1) is 0 Å². The quantitative estimate of drug-likeness (QED) is 0.745. The maximum absolute atomic E-state index is 11.1. The summed E-state index contributed by atoms with van der Waals surface area (Å²) in [7, 11) is 0. The Morgan fingerprint density at radius 1 is 1.35 bits per heavy atom. The number of aromatic carboxylic acids is 1. The molecule has 1 atom stereocenters. The van der Waals surface area contributed by atoms with Crippen LogP contribution in [0.3, 0.4) is 0 Å².